The maximum absolute atomic E-state index is 12.0. The van der Waals surface area contributed by atoms with Crippen molar-refractivity contribution in [1.82, 2.24) is 14.9 Å². The number of carbonyl (C=O) groups is 1. The highest BCUT2D eigenvalue weighted by Crippen LogP contribution is 2.14. The second-order valence-corrected chi connectivity index (χ2v) is 5.25. The number of morpholine rings is 1. The number of amides is 1. The standard InChI is InChI=1S/C11H16N4O3S/c1-7-5-15(2-3-18-7)10(17)6-19-11-13-8(12)4-9(16)14-11/h4,7H,2-3,5-6H2,1H3,(H3,12,13,14,16). The average Bonchev–Trinajstić information content (AvgIpc) is 2.35. The molecule has 1 saturated heterocycles. The van der Waals surface area contributed by atoms with Crippen molar-refractivity contribution in [3.8, 4) is 0 Å². The van der Waals surface area contributed by atoms with Gasteiger partial charge in [0.05, 0.1) is 18.5 Å². The Morgan fingerprint density at radius 1 is 1.74 bits per heavy atom. The van der Waals surface area contributed by atoms with Gasteiger partial charge in [-0.3, -0.25) is 9.59 Å². The van der Waals surface area contributed by atoms with E-state index < -0.39 is 0 Å². The second-order valence-electron chi connectivity index (χ2n) is 4.29. The number of rotatable bonds is 3. The van der Waals surface area contributed by atoms with E-state index in [4.69, 9.17) is 10.5 Å². The van der Waals surface area contributed by atoms with Crippen LogP contribution >= 0.6 is 11.8 Å². The van der Waals surface area contributed by atoms with Crippen molar-refractivity contribution in [3.05, 3.63) is 16.4 Å². The Morgan fingerprint density at radius 3 is 3.21 bits per heavy atom. The minimum Gasteiger partial charge on any atom is -0.383 e. The summed E-state index contributed by atoms with van der Waals surface area (Å²) in [5.41, 5.74) is 5.15. The van der Waals surface area contributed by atoms with Crippen LogP contribution < -0.4 is 11.3 Å². The largest absolute Gasteiger partial charge is 0.383 e. The van der Waals surface area contributed by atoms with Gasteiger partial charge in [-0.05, 0) is 6.92 Å². The van der Waals surface area contributed by atoms with Gasteiger partial charge in [0, 0.05) is 19.2 Å². The smallest absolute Gasteiger partial charge is 0.253 e. The summed E-state index contributed by atoms with van der Waals surface area (Å²) in [6.07, 6.45) is 0.0630. The Kier molecular flexibility index (Phi) is 4.43. The maximum Gasteiger partial charge on any atom is 0.253 e. The van der Waals surface area contributed by atoms with Crippen molar-refractivity contribution in [2.75, 3.05) is 31.2 Å². The summed E-state index contributed by atoms with van der Waals surface area (Å²) in [7, 11) is 0. The van der Waals surface area contributed by atoms with Crippen LogP contribution in [0.3, 0.4) is 0 Å². The Bertz CT molecular complexity index is 519. The van der Waals surface area contributed by atoms with Crippen LogP contribution in [0.1, 0.15) is 6.92 Å². The van der Waals surface area contributed by atoms with Gasteiger partial charge >= 0.3 is 0 Å². The first-order chi connectivity index (χ1) is 9.04. The number of nitrogen functional groups attached to an aromatic ring is 1. The fraction of sp³-hybridized carbons (Fsp3) is 0.545. The average molecular weight is 284 g/mol. The first-order valence-electron chi connectivity index (χ1n) is 5.93. The monoisotopic (exact) mass is 284 g/mol. The molecule has 0 radical (unpaired) electrons. The van der Waals surface area contributed by atoms with Crippen LogP contribution in [0.25, 0.3) is 0 Å². The normalized spacial score (nSPS) is 19.4. The number of aromatic nitrogens is 2. The van der Waals surface area contributed by atoms with Crippen LogP contribution in [0.2, 0.25) is 0 Å². The van der Waals surface area contributed by atoms with Crippen LogP contribution in [-0.2, 0) is 9.53 Å². The third-order valence-corrected chi connectivity index (χ3v) is 3.52. The number of hydrogen-bond donors (Lipinski definition) is 2. The number of ether oxygens (including phenoxy) is 1. The molecule has 7 nitrogen and oxygen atoms in total. The molecule has 1 unspecified atom stereocenters. The molecule has 1 aliphatic rings. The van der Waals surface area contributed by atoms with Gasteiger partial charge in [0.15, 0.2) is 5.16 Å². The van der Waals surface area contributed by atoms with Crippen LogP contribution in [0.4, 0.5) is 5.82 Å². The molecule has 0 aliphatic carbocycles. The van der Waals surface area contributed by atoms with Gasteiger partial charge in [0.2, 0.25) is 5.91 Å². The van der Waals surface area contributed by atoms with Gasteiger partial charge in [-0.15, -0.1) is 0 Å². The number of nitrogens with zero attached hydrogens (tertiary/aromatic N) is 2. The van der Waals surface area contributed by atoms with Crippen molar-refractivity contribution < 1.29 is 9.53 Å². The summed E-state index contributed by atoms with van der Waals surface area (Å²) in [5.74, 6) is 0.378. The zero-order valence-corrected chi connectivity index (χ0v) is 11.4. The van der Waals surface area contributed by atoms with Gasteiger partial charge in [-0.1, -0.05) is 11.8 Å². The second kappa shape index (κ2) is 6.07. The van der Waals surface area contributed by atoms with E-state index in [9.17, 15) is 9.59 Å². The number of carbonyl (C=O) groups excluding carboxylic acids is 1. The minimum absolute atomic E-state index is 0.00484. The molecule has 2 heterocycles. The van der Waals surface area contributed by atoms with E-state index in [0.29, 0.717) is 24.9 Å². The molecule has 0 saturated carbocycles. The first-order valence-corrected chi connectivity index (χ1v) is 6.92. The maximum atomic E-state index is 12.0. The van der Waals surface area contributed by atoms with E-state index in [1.54, 1.807) is 4.90 Å². The van der Waals surface area contributed by atoms with Gasteiger partial charge < -0.3 is 20.4 Å². The molecule has 0 aromatic carbocycles. The number of nitrogens with one attached hydrogen (secondary N) is 1. The van der Waals surface area contributed by atoms with E-state index in [0.717, 1.165) is 0 Å². The Hall–Kier alpha value is -1.54. The highest BCUT2D eigenvalue weighted by atomic mass is 32.2. The summed E-state index contributed by atoms with van der Waals surface area (Å²) in [6.45, 7) is 3.69. The molecule has 1 aromatic rings. The molecular weight excluding hydrogens is 268 g/mol. The quantitative estimate of drug-likeness (QED) is 0.583. The van der Waals surface area contributed by atoms with Crippen LogP contribution in [0, 0.1) is 0 Å². The van der Waals surface area contributed by atoms with Gasteiger partial charge in [0.25, 0.3) is 5.56 Å². The predicted molar refractivity (Wildman–Crippen MR) is 72.0 cm³/mol. The molecule has 104 valence electrons. The van der Waals surface area contributed by atoms with Crippen molar-refractivity contribution in [1.29, 1.82) is 0 Å². The molecule has 3 N–H and O–H groups in total. The molecule has 19 heavy (non-hydrogen) atoms. The van der Waals surface area contributed by atoms with Crippen molar-refractivity contribution in [2.45, 2.75) is 18.2 Å². The van der Waals surface area contributed by atoms with E-state index in [-0.39, 0.29) is 29.1 Å². The van der Waals surface area contributed by atoms with Gasteiger partial charge in [-0.25, -0.2) is 4.98 Å². The summed E-state index contributed by atoms with van der Waals surface area (Å²) >= 11 is 1.17. The molecule has 8 heteroatoms. The zero-order chi connectivity index (χ0) is 13.8. The highest BCUT2D eigenvalue weighted by Gasteiger charge is 2.21. The fourth-order valence-corrected chi connectivity index (χ4v) is 2.57. The van der Waals surface area contributed by atoms with E-state index >= 15 is 0 Å². The van der Waals surface area contributed by atoms with Crippen LogP contribution in [-0.4, -0.2) is 52.3 Å². The lowest BCUT2D eigenvalue weighted by Crippen LogP contribution is -2.45. The third-order valence-electron chi connectivity index (χ3n) is 2.67. The summed E-state index contributed by atoms with van der Waals surface area (Å²) in [5, 5.41) is 0.361. The van der Waals surface area contributed by atoms with Crippen LogP contribution in [0.15, 0.2) is 16.0 Å². The molecular formula is C11H16N4O3S. The number of aromatic amines is 1. The lowest BCUT2D eigenvalue weighted by atomic mass is 10.3. The number of hydrogen-bond acceptors (Lipinski definition) is 6. The Balaban J connectivity index is 1.91. The summed E-state index contributed by atoms with van der Waals surface area (Å²) in [6, 6.07) is 1.20. The Morgan fingerprint density at radius 2 is 2.53 bits per heavy atom. The summed E-state index contributed by atoms with van der Waals surface area (Å²) < 4.78 is 5.38. The first kappa shape index (κ1) is 13.9. The third kappa shape index (κ3) is 3.97. The molecule has 0 spiro atoms. The highest BCUT2D eigenvalue weighted by molar-refractivity contribution is 7.99. The zero-order valence-electron chi connectivity index (χ0n) is 10.6. The van der Waals surface area contributed by atoms with Gasteiger partial charge in [-0.2, -0.15) is 0 Å². The molecule has 1 atom stereocenters. The molecule has 1 aliphatic heterocycles. The van der Waals surface area contributed by atoms with E-state index in [1.807, 2.05) is 6.92 Å². The number of H-pyrrole nitrogens is 1. The lowest BCUT2D eigenvalue weighted by Gasteiger charge is -2.31. The molecule has 1 amide bonds. The number of thioether (sulfide) groups is 1. The molecule has 1 aromatic heterocycles. The van der Waals surface area contributed by atoms with Crippen LogP contribution in [0.5, 0.6) is 0 Å². The Labute approximate surface area is 114 Å². The predicted octanol–water partition coefficient (Wildman–Crippen LogP) is -0.308. The topological polar surface area (TPSA) is 101 Å². The number of anilines is 1. The minimum atomic E-state index is -0.317. The lowest BCUT2D eigenvalue weighted by molar-refractivity contribution is -0.135. The van der Waals surface area contributed by atoms with E-state index in [1.165, 1.54) is 17.8 Å². The van der Waals surface area contributed by atoms with Crippen molar-refractivity contribution in [3.63, 3.8) is 0 Å². The molecule has 0 bridgehead atoms. The van der Waals surface area contributed by atoms with Crippen molar-refractivity contribution >= 4 is 23.5 Å². The number of nitrogens with two attached hydrogens (primary N) is 1. The SMILES string of the molecule is CC1CN(C(=O)CSc2nc(N)cc(=O)[nH]2)CCO1. The van der Waals surface area contributed by atoms with Gasteiger partial charge in [0.1, 0.15) is 5.82 Å². The van der Waals surface area contributed by atoms with Crippen molar-refractivity contribution in [2.24, 2.45) is 0 Å². The van der Waals surface area contributed by atoms with E-state index in [2.05, 4.69) is 9.97 Å². The molecule has 1 fully saturated rings. The fourth-order valence-electron chi connectivity index (χ4n) is 1.79. The summed E-state index contributed by atoms with van der Waals surface area (Å²) in [4.78, 5) is 31.4. The molecule has 2 rings (SSSR count).